The molecule has 3 nitrogen and oxygen atoms in total. The van der Waals surface area contributed by atoms with Crippen LogP contribution in [0, 0.1) is 16.7 Å². The van der Waals surface area contributed by atoms with Gasteiger partial charge in [0.2, 0.25) is 5.91 Å². The summed E-state index contributed by atoms with van der Waals surface area (Å²) in [5.41, 5.74) is 0.619. The van der Waals surface area contributed by atoms with Crippen molar-refractivity contribution in [3.05, 3.63) is 0 Å². The minimum Gasteiger partial charge on any atom is -0.341 e. The molecule has 1 rings (SSSR count). The number of amides is 1. The van der Waals surface area contributed by atoms with Gasteiger partial charge >= 0.3 is 0 Å². The molecule has 21 heavy (non-hydrogen) atoms. The first-order chi connectivity index (χ1) is 9.50. The average molecular weight is 296 g/mol. The predicted molar refractivity (Wildman–Crippen MR) is 90.3 cm³/mol. The summed E-state index contributed by atoms with van der Waals surface area (Å²) in [5.74, 6) is 0.919. The van der Waals surface area contributed by atoms with E-state index in [1.54, 1.807) is 0 Å². The normalized spacial score (nSPS) is 24.2. The van der Waals surface area contributed by atoms with E-state index in [1.165, 1.54) is 12.8 Å². The van der Waals surface area contributed by atoms with Crippen molar-refractivity contribution in [1.29, 1.82) is 0 Å². The van der Waals surface area contributed by atoms with Crippen LogP contribution in [0.5, 0.6) is 0 Å². The maximum Gasteiger partial charge on any atom is 0.222 e. The third-order valence-electron chi connectivity index (χ3n) is 4.01. The summed E-state index contributed by atoms with van der Waals surface area (Å²) < 4.78 is 0. The third-order valence-corrected chi connectivity index (χ3v) is 4.01. The van der Waals surface area contributed by atoms with Gasteiger partial charge < -0.3 is 10.2 Å². The summed E-state index contributed by atoms with van der Waals surface area (Å²) in [6.07, 6.45) is 3.00. The molecule has 1 aliphatic heterocycles. The molecular formula is C18H36N2O. The number of piperidine rings is 1. The Labute approximate surface area is 131 Å². The Kier molecular flexibility index (Phi) is 6.27. The zero-order valence-electron chi connectivity index (χ0n) is 15.3. The van der Waals surface area contributed by atoms with Crippen molar-refractivity contribution < 1.29 is 4.79 Å². The number of carbonyl (C=O) groups excluding carboxylic acids is 1. The first-order valence-electron chi connectivity index (χ1n) is 8.51. The van der Waals surface area contributed by atoms with Crippen LogP contribution in [0.3, 0.4) is 0 Å². The zero-order chi connectivity index (χ0) is 16.3. The molecule has 0 aliphatic carbocycles. The van der Waals surface area contributed by atoms with E-state index in [1.807, 2.05) is 6.92 Å². The first kappa shape index (κ1) is 18.5. The van der Waals surface area contributed by atoms with Crippen LogP contribution in [0.2, 0.25) is 0 Å². The second-order valence-electron chi connectivity index (χ2n) is 9.16. The van der Waals surface area contributed by atoms with Gasteiger partial charge in [0.05, 0.1) is 0 Å². The van der Waals surface area contributed by atoms with Crippen molar-refractivity contribution in [2.45, 2.75) is 73.8 Å². The summed E-state index contributed by atoms with van der Waals surface area (Å²) in [7, 11) is 0. The minimum atomic E-state index is 0.288. The molecule has 1 aliphatic rings. The fourth-order valence-corrected chi connectivity index (χ4v) is 3.24. The van der Waals surface area contributed by atoms with E-state index in [4.69, 9.17) is 0 Å². The van der Waals surface area contributed by atoms with E-state index >= 15 is 0 Å². The highest BCUT2D eigenvalue weighted by Gasteiger charge is 2.31. The van der Waals surface area contributed by atoms with Crippen molar-refractivity contribution in [1.82, 2.24) is 10.2 Å². The zero-order valence-corrected chi connectivity index (χ0v) is 15.3. The average Bonchev–Trinajstić information content (AvgIpc) is 2.32. The molecule has 1 fully saturated rings. The summed E-state index contributed by atoms with van der Waals surface area (Å²) in [6.45, 7) is 18.4. The molecule has 0 aromatic carbocycles. The quantitative estimate of drug-likeness (QED) is 0.858. The highest BCUT2D eigenvalue weighted by Crippen LogP contribution is 2.30. The number of nitrogens with zero attached hydrogens (tertiary/aromatic N) is 1. The highest BCUT2D eigenvalue weighted by molar-refractivity contribution is 5.76. The Morgan fingerprint density at radius 3 is 2.19 bits per heavy atom. The lowest BCUT2D eigenvalue weighted by atomic mass is 9.79. The van der Waals surface area contributed by atoms with Crippen molar-refractivity contribution in [3.63, 3.8) is 0 Å². The number of nitrogens with one attached hydrogen (secondary N) is 1. The van der Waals surface area contributed by atoms with Crippen molar-refractivity contribution in [2.24, 2.45) is 16.7 Å². The summed E-state index contributed by atoms with van der Waals surface area (Å²) in [5, 5.41) is 3.69. The van der Waals surface area contributed by atoms with E-state index < -0.39 is 0 Å². The Hall–Kier alpha value is -0.570. The minimum absolute atomic E-state index is 0.288. The van der Waals surface area contributed by atoms with Gasteiger partial charge in [0.25, 0.3) is 0 Å². The molecule has 1 N–H and O–H groups in total. The Balaban J connectivity index is 2.68. The Morgan fingerprint density at radius 1 is 1.10 bits per heavy atom. The van der Waals surface area contributed by atoms with E-state index in [0.29, 0.717) is 29.7 Å². The van der Waals surface area contributed by atoms with Gasteiger partial charge in [0.15, 0.2) is 0 Å². The number of hydrogen-bond acceptors (Lipinski definition) is 2. The summed E-state index contributed by atoms with van der Waals surface area (Å²) in [4.78, 5) is 14.2. The van der Waals surface area contributed by atoms with Crippen molar-refractivity contribution in [3.8, 4) is 0 Å². The van der Waals surface area contributed by atoms with Gasteiger partial charge in [0, 0.05) is 32.1 Å². The molecule has 0 saturated carbocycles. The van der Waals surface area contributed by atoms with Crippen LogP contribution in [-0.2, 0) is 4.79 Å². The monoisotopic (exact) mass is 296 g/mol. The lowest BCUT2D eigenvalue weighted by molar-refractivity contribution is -0.133. The number of hydrogen-bond donors (Lipinski definition) is 1. The lowest BCUT2D eigenvalue weighted by Gasteiger charge is -2.41. The van der Waals surface area contributed by atoms with Gasteiger partial charge in [-0.1, -0.05) is 48.5 Å². The molecule has 0 spiro atoms. The van der Waals surface area contributed by atoms with Gasteiger partial charge in [-0.3, -0.25) is 4.79 Å². The fraction of sp³-hybridized carbons (Fsp3) is 0.944. The third kappa shape index (κ3) is 7.30. The largest absolute Gasteiger partial charge is 0.341 e. The molecule has 0 radical (unpaired) electrons. The van der Waals surface area contributed by atoms with Crippen LogP contribution in [0.25, 0.3) is 0 Å². The molecule has 1 amide bonds. The van der Waals surface area contributed by atoms with Gasteiger partial charge in [-0.25, -0.2) is 0 Å². The second-order valence-corrected chi connectivity index (χ2v) is 9.16. The van der Waals surface area contributed by atoms with Crippen LogP contribution in [0.4, 0.5) is 0 Å². The van der Waals surface area contributed by atoms with Gasteiger partial charge in [-0.05, 0) is 29.6 Å². The van der Waals surface area contributed by atoms with Crippen molar-refractivity contribution >= 4 is 5.91 Å². The number of carbonyl (C=O) groups is 1. The molecule has 3 heteroatoms. The molecule has 2 atom stereocenters. The van der Waals surface area contributed by atoms with Crippen LogP contribution < -0.4 is 5.32 Å². The van der Waals surface area contributed by atoms with Crippen LogP contribution in [0.1, 0.15) is 67.7 Å². The van der Waals surface area contributed by atoms with E-state index in [-0.39, 0.29) is 5.41 Å². The molecule has 0 bridgehead atoms. The number of rotatable bonds is 4. The van der Waals surface area contributed by atoms with E-state index in [0.717, 1.165) is 19.6 Å². The molecule has 2 unspecified atom stereocenters. The predicted octanol–water partition coefficient (Wildman–Crippen LogP) is 3.69. The summed E-state index contributed by atoms with van der Waals surface area (Å²) in [6, 6.07) is 0.445. The molecule has 1 saturated heterocycles. The second kappa shape index (κ2) is 7.13. The number of likely N-dealkylation sites (tertiary alicyclic amines) is 1. The Morgan fingerprint density at radius 2 is 1.71 bits per heavy atom. The molecular weight excluding hydrogens is 260 g/mol. The topological polar surface area (TPSA) is 32.3 Å². The van der Waals surface area contributed by atoms with Crippen LogP contribution >= 0.6 is 0 Å². The standard InChI is InChI=1S/C18H36N2O/c1-8-16(21)20-11-14(10-17(2,3)4)9-15(12-20)19-13-18(5,6)7/h14-15,19H,8-13H2,1-7H3. The smallest absolute Gasteiger partial charge is 0.222 e. The molecule has 0 aromatic heterocycles. The van der Waals surface area contributed by atoms with Crippen LogP contribution in [-0.4, -0.2) is 36.5 Å². The molecule has 0 aromatic rings. The lowest BCUT2D eigenvalue weighted by Crippen LogP contribution is -2.52. The van der Waals surface area contributed by atoms with Gasteiger partial charge in [0.1, 0.15) is 0 Å². The van der Waals surface area contributed by atoms with E-state index in [9.17, 15) is 4.79 Å². The van der Waals surface area contributed by atoms with E-state index in [2.05, 4.69) is 51.8 Å². The van der Waals surface area contributed by atoms with Gasteiger partial charge in [-0.15, -0.1) is 0 Å². The highest BCUT2D eigenvalue weighted by atomic mass is 16.2. The fourth-order valence-electron chi connectivity index (χ4n) is 3.24. The van der Waals surface area contributed by atoms with Crippen LogP contribution in [0.15, 0.2) is 0 Å². The SMILES string of the molecule is CCC(=O)N1CC(CC(C)(C)C)CC(NCC(C)(C)C)C1. The first-order valence-corrected chi connectivity index (χ1v) is 8.51. The maximum atomic E-state index is 12.1. The van der Waals surface area contributed by atoms with Gasteiger partial charge in [-0.2, -0.15) is 0 Å². The maximum absolute atomic E-state index is 12.1. The molecule has 124 valence electrons. The Bertz CT molecular complexity index is 338. The molecule has 1 heterocycles. The summed E-state index contributed by atoms with van der Waals surface area (Å²) >= 11 is 0. The van der Waals surface area contributed by atoms with Crippen molar-refractivity contribution in [2.75, 3.05) is 19.6 Å².